The number of fused-ring (bicyclic) bond motifs is 1. The zero-order valence-corrected chi connectivity index (χ0v) is 13.2. The molecule has 0 saturated heterocycles. The van der Waals surface area contributed by atoms with Crippen LogP contribution < -0.4 is 5.73 Å². The normalized spacial score (nSPS) is 16.0. The minimum absolute atomic E-state index is 0.0574. The highest BCUT2D eigenvalue weighted by Gasteiger charge is 2.24. The zero-order chi connectivity index (χ0) is 14.3. The Morgan fingerprint density at radius 2 is 1.95 bits per heavy atom. The fourth-order valence-corrected chi connectivity index (χ4v) is 4.25. The van der Waals surface area contributed by atoms with Gasteiger partial charge in [-0.1, -0.05) is 0 Å². The Labute approximate surface area is 128 Å². The van der Waals surface area contributed by atoms with Crippen LogP contribution in [0.5, 0.6) is 0 Å². The third-order valence-electron chi connectivity index (χ3n) is 3.71. The molecule has 0 amide bonds. The van der Waals surface area contributed by atoms with Crippen LogP contribution in [0.25, 0.3) is 0 Å². The molecule has 1 aliphatic rings. The van der Waals surface area contributed by atoms with Crippen LogP contribution in [0.4, 0.5) is 8.78 Å². The monoisotopic (exact) mass is 357 g/mol. The molecule has 1 aromatic carbocycles. The fourth-order valence-electron chi connectivity index (χ4n) is 2.64. The van der Waals surface area contributed by atoms with Crippen molar-refractivity contribution in [3.05, 3.63) is 55.2 Å². The minimum Gasteiger partial charge on any atom is -0.319 e. The molecular formula is C15H14BrF2NS. The van der Waals surface area contributed by atoms with Crippen LogP contribution in [-0.4, -0.2) is 0 Å². The molecule has 1 nitrogen and oxygen atoms in total. The number of rotatable bonds is 2. The lowest BCUT2D eigenvalue weighted by atomic mass is 9.98. The van der Waals surface area contributed by atoms with Gasteiger partial charge in [-0.3, -0.25) is 0 Å². The van der Waals surface area contributed by atoms with E-state index in [-0.39, 0.29) is 10.0 Å². The van der Waals surface area contributed by atoms with Crippen LogP contribution >= 0.6 is 27.3 Å². The molecule has 1 heterocycles. The maximum absolute atomic E-state index is 14.1. The summed E-state index contributed by atoms with van der Waals surface area (Å²) in [5.41, 5.74) is 7.35. The molecule has 3 rings (SSSR count). The summed E-state index contributed by atoms with van der Waals surface area (Å²) in [4.78, 5) is 2.16. The summed E-state index contributed by atoms with van der Waals surface area (Å²) in [5.74, 6) is -1.20. The van der Waals surface area contributed by atoms with Gasteiger partial charge in [0.25, 0.3) is 0 Å². The Kier molecular flexibility index (Phi) is 3.93. The number of aryl methyl sites for hydroxylation is 2. The number of nitrogens with two attached hydrogens (primary N) is 1. The van der Waals surface area contributed by atoms with E-state index >= 15 is 0 Å². The van der Waals surface area contributed by atoms with E-state index in [2.05, 4.69) is 15.9 Å². The average Bonchev–Trinajstić information content (AvgIpc) is 2.87. The van der Waals surface area contributed by atoms with Gasteiger partial charge < -0.3 is 5.73 Å². The topological polar surface area (TPSA) is 26.0 Å². The summed E-state index contributed by atoms with van der Waals surface area (Å²) in [6.07, 6.45) is 4.46. The van der Waals surface area contributed by atoms with E-state index in [0.717, 1.165) is 17.7 Å². The molecule has 106 valence electrons. The highest BCUT2D eigenvalue weighted by Crippen LogP contribution is 2.36. The Morgan fingerprint density at radius 3 is 2.70 bits per heavy atom. The first kappa shape index (κ1) is 14.2. The third kappa shape index (κ3) is 2.43. The zero-order valence-electron chi connectivity index (χ0n) is 10.8. The summed E-state index contributed by atoms with van der Waals surface area (Å²) in [6.45, 7) is 0. The Hall–Kier alpha value is -0.780. The quantitative estimate of drug-likeness (QED) is 0.773. The van der Waals surface area contributed by atoms with E-state index < -0.39 is 17.7 Å². The van der Waals surface area contributed by atoms with E-state index in [1.165, 1.54) is 35.4 Å². The van der Waals surface area contributed by atoms with E-state index in [1.807, 2.05) is 6.07 Å². The van der Waals surface area contributed by atoms with E-state index in [1.54, 1.807) is 11.3 Å². The van der Waals surface area contributed by atoms with Gasteiger partial charge in [-0.15, -0.1) is 11.3 Å². The standard InChI is InChI=1S/C15H14BrF2NS/c16-9-5-6-10(17)13(14(9)18)15(19)12-7-8-3-1-2-4-11(8)20-12/h5-7,15H,1-4,19H2. The number of benzene rings is 1. The SMILES string of the molecule is NC(c1cc2c(s1)CCCC2)c1c(F)ccc(Br)c1F. The van der Waals surface area contributed by atoms with Gasteiger partial charge in [0.2, 0.25) is 0 Å². The van der Waals surface area contributed by atoms with Crippen molar-refractivity contribution < 1.29 is 8.78 Å². The van der Waals surface area contributed by atoms with Gasteiger partial charge in [0, 0.05) is 15.3 Å². The molecule has 1 aromatic heterocycles. The molecule has 20 heavy (non-hydrogen) atoms. The molecule has 1 unspecified atom stereocenters. The van der Waals surface area contributed by atoms with Crippen molar-refractivity contribution in [1.29, 1.82) is 0 Å². The highest BCUT2D eigenvalue weighted by atomic mass is 79.9. The van der Waals surface area contributed by atoms with E-state index in [0.29, 0.717) is 0 Å². The predicted molar refractivity (Wildman–Crippen MR) is 81.0 cm³/mol. The van der Waals surface area contributed by atoms with Crippen molar-refractivity contribution in [3.8, 4) is 0 Å². The van der Waals surface area contributed by atoms with Gasteiger partial charge in [-0.05, 0) is 65.4 Å². The average molecular weight is 358 g/mol. The second-order valence-electron chi connectivity index (χ2n) is 5.04. The van der Waals surface area contributed by atoms with Crippen LogP contribution in [-0.2, 0) is 12.8 Å². The maximum Gasteiger partial charge on any atom is 0.145 e. The van der Waals surface area contributed by atoms with Crippen LogP contribution in [0, 0.1) is 11.6 Å². The molecule has 0 aliphatic heterocycles. The molecule has 0 radical (unpaired) electrons. The molecular weight excluding hydrogens is 344 g/mol. The number of hydrogen-bond donors (Lipinski definition) is 1. The van der Waals surface area contributed by atoms with Crippen LogP contribution in [0.15, 0.2) is 22.7 Å². The molecule has 5 heteroatoms. The van der Waals surface area contributed by atoms with Gasteiger partial charge in [0.05, 0.1) is 10.5 Å². The first-order valence-electron chi connectivity index (χ1n) is 6.58. The van der Waals surface area contributed by atoms with Gasteiger partial charge in [0.1, 0.15) is 11.6 Å². The summed E-state index contributed by atoms with van der Waals surface area (Å²) in [6, 6.07) is 3.88. The van der Waals surface area contributed by atoms with Crippen molar-refractivity contribution in [2.45, 2.75) is 31.7 Å². The van der Waals surface area contributed by atoms with Crippen molar-refractivity contribution >= 4 is 27.3 Å². The molecule has 0 saturated carbocycles. The molecule has 2 aromatic rings. The van der Waals surface area contributed by atoms with Gasteiger partial charge in [-0.25, -0.2) is 8.78 Å². The second kappa shape index (κ2) is 5.54. The van der Waals surface area contributed by atoms with E-state index in [9.17, 15) is 8.78 Å². The molecule has 1 atom stereocenters. The third-order valence-corrected chi connectivity index (χ3v) is 5.65. The smallest absolute Gasteiger partial charge is 0.145 e. The highest BCUT2D eigenvalue weighted by molar-refractivity contribution is 9.10. The molecule has 2 N–H and O–H groups in total. The first-order valence-corrected chi connectivity index (χ1v) is 8.19. The van der Waals surface area contributed by atoms with E-state index in [4.69, 9.17) is 5.73 Å². The van der Waals surface area contributed by atoms with Crippen LogP contribution in [0.1, 0.15) is 39.8 Å². The van der Waals surface area contributed by atoms with Gasteiger partial charge in [-0.2, -0.15) is 0 Å². The molecule has 0 fully saturated rings. The van der Waals surface area contributed by atoms with Crippen molar-refractivity contribution in [2.75, 3.05) is 0 Å². The Balaban J connectivity index is 2.02. The largest absolute Gasteiger partial charge is 0.319 e. The predicted octanol–water partition coefficient (Wildman–Crippen LogP) is 4.72. The fraction of sp³-hybridized carbons (Fsp3) is 0.333. The molecule has 0 bridgehead atoms. The lowest BCUT2D eigenvalue weighted by Gasteiger charge is -2.13. The van der Waals surface area contributed by atoms with Crippen molar-refractivity contribution in [2.24, 2.45) is 5.73 Å². The van der Waals surface area contributed by atoms with Crippen molar-refractivity contribution in [1.82, 2.24) is 0 Å². The van der Waals surface area contributed by atoms with Crippen LogP contribution in [0.3, 0.4) is 0 Å². The Bertz CT molecular complexity index is 630. The molecule has 0 spiro atoms. The van der Waals surface area contributed by atoms with Gasteiger partial charge >= 0.3 is 0 Å². The number of hydrogen-bond acceptors (Lipinski definition) is 2. The summed E-state index contributed by atoms with van der Waals surface area (Å²) >= 11 is 4.67. The van der Waals surface area contributed by atoms with Crippen LogP contribution in [0.2, 0.25) is 0 Å². The summed E-state index contributed by atoms with van der Waals surface area (Å²) in [5, 5.41) is 0. The summed E-state index contributed by atoms with van der Waals surface area (Å²) < 4.78 is 28.3. The first-order chi connectivity index (χ1) is 9.58. The summed E-state index contributed by atoms with van der Waals surface area (Å²) in [7, 11) is 0. The second-order valence-corrected chi connectivity index (χ2v) is 7.06. The van der Waals surface area contributed by atoms with Crippen molar-refractivity contribution in [3.63, 3.8) is 0 Å². The Morgan fingerprint density at radius 1 is 1.20 bits per heavy atom. The number of thiophene rings is 1. The number of halogens is 3. The minimum atomic E-state index is -0.747. The van der Waals surface area contributed by atoms with Gasteiger partial charge in [0.15, 0.2) is 0 Å². The lowest BCUT2D eigenvalue weighted by molar-refractivity contribution is 0.541. The lowest BCUT2D eigenvalue weighted by Crippen LogP contribution is -2.14. The molecule has 1 aliphatic carbocycles. The maximum atomic E-state index is 14.1.